The molecule has 1 atom stereocenters. The first-order valence-electron chi connectivity index (χ1n) is 20.1. The van der Waals surface area contributed by atoms with E-state index >= 15 is 0 Å². The fourth-order valence-electron chi connectivity index (χ4n) is 6.30. The maximum atomic E-state index is 12.8. The van der Waals surface area contributed by atoms with Crippen molar-refractivity contribution in [2.24, 2.45) is 10.8 Å². The van der Waals surface area contributed by atoms with Crippen molar-refractivity contribution in [2.45, 2.75) is 112 Å². The summed E-state index contributed by atoms with van der Waals surface area (Å²) in [4.78, 5) is 50.5. The second-order valence-corrected chi connectivity index (χ2v) is 17.3. The molecule has 0 saturated heterocycles. The van der Waals surface area contributed by atoms with E-state index in [2.05, 4.69) is 0 Å². The summed E-state index contributed by atoms with van der Waals surface area (Å²) in [6.07, 6.45) is 1.33. The van der Waals surface area contributed by atoms with E-state index in [1.54, 1.807) is 60.7 Å². The van der Waals surface area contributed by atoms with Crippen LogP contribution >= 0.6 is 0 Å². The molecule has 60 heavy (non-hydrogen) atoms. The first-order valence-corrected chi connectivity index (χ1v) is 20.1. The molecule has 0 radical (unpaired) electrons. The van der Waals surface area contributed by atoms with Gasteiger partial charge in [-0.05, 0) is 107 Å². The van der Waals surface area contributed by atoms with Gasteiger partial charge in [0.2, 0.25) is 0 Å². The van der Waals surface area contributed by atoms with Crippen molar-refractivity contribution in [3.63, 3.8) is 0 Å². The maximum absolute atomic E-state index is 12.8. The molecule has 322 valence electrons. The molecular weight excluding hydrogens is 769 g/mol. The van der Waals surface area contributed by atoms with Crippen LogP contribution in [0.2, 0.25) is 0 Å². The lowest BCUT2D eigenvalue weighted by molar-refractivity contribution is -0.148. The molecule has 0 aliphatic rings. The summed E-state index contributed by atoms with van der Waals surface area (Å²) >= 11 is 0. The molecule has 0 aliphatic heterocycles. The van der Waals surface area contributed by atoms with Crippen LogP contribution in [0.4, 0.5) is 0 Å². The Morgan fingerprint density at radius 2 is 0.900 bits per heavy atom. The number of esters is 4. The van der Waals surface area contributed by atoms with E-state index in [-0.39, 0.29) is 97.6 Å². The number of phenols is 4. The van der Waals surface area contributed by atoms with Gasteiger partial charge < -0.3 is 39.4 Å². The summed E-state index contributed by atoms with van der Waals surface area (Å²) < 4.78 is 21.8. The van der Waals surface area contributed by atoms with Crippen LogP contribution in [0.3, 0.4) is 0 Å². The van der Waals surface area contributed by atoms with E-state index in [0.29, 0.717) is 41.7 Å². The predicted octanol–water partition coefficient (Wildman–Crippen LogP) is 8.65. The number of aromatic hydroxyl groups is 4. The lowest BCUT2D eigenvalue weighted by Crippen LogP contribution is -2.25. The third kappa shape index (κ3) is 15.6. The topological polar surface area (TPSA) is 186 Å². The molecular formula is C48H58O12. The number of hydrogen-bond donors (Lipinski definition) is 4. The van der Waals surface area contributed by atoms with Crippen LogP contribution in [0.15, 0.2) is 78.9 Å². The first-order chi connectivity index (χ1) is 28.3. The number of rotatable bonds is 19. The fraction of sp³-hybridized carbons (Fsp3) is 0.417. The van der Waals surface area contributed by atoms with Gasteiger partial charge in [-0.1, -0.05) is 71.9 Å². The highest BCUT2D eigenvalue weighted by Crippen LogP contribution is 2.39. The maximum Gasteiger partial charge on any atom is 0.306 e. The standard InChI is InChI=1S/C48H58O12/c1-47(2,3)30-60-46(56)26-39(48(4,5)6)34-14-19-42(52)37(25-34)29-59-45(55)22-13-33-10-18-41(51)36(24-33)28-58-44(54)21-12-32-9-17-40(50)35(23-32)27-57-43(53)20-11-31-7-15-38(49)16-8-31/h7-10,14-19,23-25,39,49-52H,11-13,20-22,26-30H2,1-6H3. The highest BCUT2D eigenvalue weighted by molar-refractivity contribution is 5.72. The Labute approximate surface area is 352 Å². The molecule has 0 bridgehead atoms. The van der Waals surface area contributed by atoms with Gasteiger partial charge in [-0.15, -0.1) is 0 Å². The molecule has 0 amide bonds. The van der Waals surface area contributed by atoms with Crippen molar-refractivity contribution in [2.75, 3.05) is 6.61 Å². The molecule has 0 spiro atoms. The van der Waals surface area contributed by atoms with Crippen molar-refractivity contribution in [3.8, 4) is 23.0 Å². The third-order valence-electron chi connectivity index (χ3n) is 9.83. The summed E-state index contributed by atoms with van der Waals surface area (Å²) in [5.41, 5.74) is 3.85. The average Bonchev–Trinajstić information content (AvgIpc) is 3.19. The van der Waals surface area contributed by atoms with Crippen molar-refractivity contribution in [1.82, 2.24) is 0 Å². The van der Waals surface area contributed by atoms with Gasteiger partial charge in [-0.2, -0.15) is 0 Å². The Hall–Kier alpha value is -6.04. The number of hydrogen-bond acceptors (Lipinski definition) is 12. The molecule has 0 saturated carbocycles. The zero-order valence-corrected chi connectivity index (χ0v) is 35.4. The Balaban J connectivity index is 1.23. The molecule has 0 aliphatic carbocycles. The van der Waals surface area contributed by atoms with Gasteiger partial charge in [0.25, 0.3) is 0 Å². The third-order valence-corrected chi connectivity index (χ3v) is 9.83. The van der Waals surface area contributed by atoms with Gasteiger partial charge in [-0.25, -0.2) is 0 Å². The van der Waals surface area contributed by atoms with Crippen molar-refractivity contribution in [1.29, 1.82) is 0 Å². The Bertz CT molecular complexity index is 2090. The molecule has 4 N–H and O–H groups in total. The zero-order valence-electron chi connectivity index (χ0n) is 35.4. The van der Waals surface area contributed by atoms with E-state index in [0.717, 1.165) is 16.7 Å². The Morgan fingerprint density at radius 3 is 1.33 bits per heavy atom. The van der Waals surface area contributed by atoms with Crippen LogP contribution in [0.5, 0.6) is 23.0 Å². The number of carbonyl (C=O) groups is 4. The highest BCUT2D eigenvalue weighted by atomic mass is 16.5. The first kappa shape index (κ1) is 46.6. The average molecular weight is 827 g/mol. The molecule has 12 heteroatoms. The largest absolute Gasteiger partial charge is 0.508 e. The highest BCUT2D eigenvalue weighted by Gasteiger charge is 2.30. The van der Waals surface area contributed by atoms with Crippen LogP contribution in [-0.2, 0) is 77.2 Å². The van der Waals surface area contributed by atoms with Gasteiger partial charge in [-0.3, -0.25) is 19.2 Å². The van der Waals surface area contributed by atoms with Gasteiger partial charge in [0.15, 0.2) is 0 Å². The lowest BCUT2D eigenvalue weighted by Gasteiger charge is -2.31. The molecule has 0 aromatic heterocycles. The van der Waals surface area contributed by atoms with Crippen molar-refractivity contribution < 1.29 is 58.6 Å². The molecule has 0 heterocycles. The van der Waals surface area contributed by atoms with Crippen molar-refractivity contribution in [3.05, 3.63) is 118 Å². The van der Waals surface area contributed by atoms with Crippen molar-refractivity contribution >= 4 is 23.9 Å². The SMILES string of the molecule is CC(C)(C)COC(=O)CC(c1ccc(O)c(COC(=O)CCc2ccc(O)c(COC(=O)CCc3ccc(O)c(COC(=O)CCc4ccc(O)cc4)c3)c2)c1)C(C)(C)C. The normalized spacial score (nSPS) is 12.0. The summed E-state index contributed by atoms with van der Waals surface area (Å²) in [6, 6.07) is 21.2. The minimum absolute atomic E-state index is 0.0161. The van der Waals surface area contributed by atoms with Crippen LogP contribution in [-0.4, -0.2) is 50.9 Å². The number of aryl methyl sites for hydroxylation is 3. The van der Waals surface area contributed by atoms with Crippen LogP contribution < -0.4 is 0 Å². The smallest absolute Gasteiger partial charge is 0.306 e. The number of phenolic OH excluding ortho intramolecular Hbond substituents is 4. The number of ether oxygens (including phenoxy) is 4. The lowest BCUT2D eigenvalue weighted by atomic mass is 9.74. The van der Waals surface area contributed by atoms with E-state index in [1.165, 1.54) is 18.2 Å². The van der Waals surface area contributed by atoms with Gasteiger partial charge in [0.05, 0.1) is 13.0 Å². The Morgan fingerprint density at radius 1 is 0.500 bits per heavy atom. The summed E-state index contributed by atoms with van der Waals surface area (Å²) in [5, 5.41) is 40.7. The quantitative estimate of drug-likeness (QED) is 0.0522. The summed E-state index contributed by atoms with van der Waals surface area (Å²) in [6.45, 7) is 11.9. The Kier molecular flexibility index (Phi) is 16.5. The zero-order chi connectivity index (χ0) is 44.0. The molecule has 12 nitrogen and oxygen atoms in total. The van der Waals surface area contributed by atoms with Crippen LogP contribution in [0.25, 0.3) is 0 Å². The molecule has 0 fully saturated rings. The molecule has 4 rings (SSSR count). The van der Waals surface area contributed by atoms with Crippen LogP contribution in [0.1, 0.15) is 112 Å². The molecule has 4 aromatic carbocycles. The minimum Gasteiger partial charge on any atom is -0.508 e. The minimum atomic E-state index is -0.514. The second-order valence-electron chi connectivity index (χ2n) is 17.3. The second kappa shape index (κ2) is 21.3. The molecule has 4 aromatic rings. The van der Waals surface area contributed by atoms with E-state index in [1.807, 2.05) is 41.5 Å². The van der Waals surface area contributed by atoms with E-state index < -0.39 is 17.9 Å². The van der Waals surface area contributed by atoms with E-state index in [4.69, 9.17) is 18.9 Å². The predicted molar refractivity (Wildman–Crippen MR) is 224 cm³/mol. The summed E-state index contributed by atoms with van der Waals surface area (Å²) in [7, 11) is 0. The summed E-state index contributed by atoms with van der Waals surface area (Å²) in [5.74, 6) is -1.97. The molecule has 1 unspecified atom stereocenters. The van der Waals surface area contributed by atoms with Crippen LogP contribution in [0, 0.1) is 10.8 Å². The van der Waals surface area contributed by atoms with Gasteiger partial charge in [0.1, 0.15) is 42.8 Å². The van der Waals surface area contributed by atoms with Gasteiger partial charge >= 0.3 is 23.9 Å². The fourth-order valence-corrected chi connectivity index (χ4v) is 6.30. The van der Waals surface area contributed by atoms with Gasteiger partial charge in [0, 0.05) is 36.0 Å². The van der Waals surface area contributed by atoms with E-state index in [9.17, 15) is 39.6 Å². The number of benzene rings is 4. The number of carbonyl (C=O) groups excluding carboxylic acids is 4. The monoisotopic (exact) mass is 826 g/mol.